The molecule has 1 atom stereocenters. The molecule has 1 unspecified atom stereocenters. The molecule has 0 aromatic heterocycles. The molecule has 0 spiro atoms. The van der Waals surface area contributed by atoms with Gasteiger partial charge in [0.1, 0.15) is 0 Å². The van der Waals surface area contributed by atoms with Gasteiger partial charge in [-0.15, -0.1) is 0 Å². The van der Waals surface area contributed by atoms with Crippen molar-refractivity contribution < 1.29 is 13.6 Å². The van der Waals surface area contributed by atoms with E-state index in [1.807, 2.05) is 18.2 Å². The highest BCUT2D eigenvalue weighted by atomic mass is 28.4. The van der Waals surface area contributed by atoms with Gasteiger partial charge in [0.15, 0.2) is 0 Å². The minimum Gasteiger partial charge on any atom is -0.394 e. The summed E-state index contributed by atoms with van der Waals surface area (Å²) in [5, 5.41) is 1.18. The lowest BCUT2D eigenvalue weighted by molar-refractivity contribution is -0.0550. The summed E-state index contributed by atoms with van der Waals surface area (Å²) < 4.78 is 16.8. The van der Waals surface area contributed by atoms with Crippen LogP contribution in [0.1, 0.15) is 0 Å². The predicted octanol–water partition coefficient (Wildman–Crippen LogP) is 1.27. The molecule has 1 aliphatic rings. The maximum atomic E-state index is 6.01. The van der Waals surface area contributed by atoms with Gasteiger partial charge in [-0.1, -0.05) is 30.3 Å². The smallest absolute Gasteiger partial charge is 0.369 e. The molecule has 0 aliphatic carbocycles. The van der Waals surface area contributed by atoms with Crippen molar-refractivity contribution in [2.24, 2.45) is 5.92 Å². The van der Waals surface area contributed by atoms with E-state index in [9.17, 15) is 0 Å². The summed E-state index contributed by atoms with van der Waals surface area (Å²) in [7, 11) is -0.468. The van der Waals surface area contributed by atoms with Gasteiger partial charge in [-0.2, -0.15) is 0 Å². The molecule has 2 rings (SSSR count). The van der Waals surface area contributed by atoms with Crippen LogP contribution in [0.25, 0.3) is 0 Å². The molecule has 1 aliphatic heterocycles. The Hall–Kier alpha value is -0.683. The van der Waals surface area contributed by atoms with E-state index in [-0.39, 0.29) is 0 Å². The molecule has 1 fully saturated rings. The Bertz CT molecular complexity index is 326. The average Bonchev–Trinajstić information content (AvgIpc) is 2.28. The zero-order chi connectivity index (χ0) is 11.4. The summed E-state index contributed by atoms with van der Waals surface area (Å²) in [5.74, 6) is 0.547. The van der Waals surface area contributed by atoms with E-state index in [1.165, 1.54) is 5.19 Å². The minimum absolute atomic E-state index is 0.547. The summed E-state index contributed by atoms with van der Waals surface area (Å²) in [5.41, 5.74) is 0. The first kappa shape index (κ1) is 11.8. The highest BCUT2D eigenvalue weighted by molar-refractivity contribution is 6.79. The van der Waals surface area contributed by atoms with Gasteiger partial charge in [-0.25, -0.2) is 0 Å². The normalized spacial score (nSPS) is 20.1. The Labute approximate surface area is 97.6 Å². The topological polar surface area (TPSA) is 27.7 Å². The second-order valence-electron chi connectivity index (χ2n) is 4.23. The molecule has 1 aromatic rings. The van der Waals surface area contributed by atoms with Crippen LogP contribution in [-0.2, 0) is 13.6 Å². The van der Waals surface area contributed by atoms with Gasteiger partial charge < -0.3 is 13.6 Å². The molecule has 0 N–H and O–H groups in total. The number of rotatable bonds is 5. The molecule has 3 nitrogen and oxygen atoms in total. The third-order valence-corrected chi connectivity index (χ3v) is 5.87. The standard InChI is InChI=1S/C12H18O3Si/c1-13-16(2,12-6-4-3-5-7-12)15-10-11-8-14-9-11/h3-7,11H,8-10H2,1-2H3. The molecule has 0 saturated carbocycles. The molecule has 0 radical (unpaired) electrons. The number of hydrogen-bond donors (Lipinski definition) is 0. The molecule has 88 valence electrons. The lowest BCUT2D eigenvalue weighted by Gasteiger charge is -2.31. The average molecular weight is 238 g/mol. The summed E-state index contributed by atoms with van der Waals surface area (Å²) in [6.07, 6.45) is 0. The minimum atomic E-state index is -2.20. The quantitative estimate of drug-likeness (QED) is 0.723. The van der Waals surface area contributed by atoms with Crippen LogP contribution in [0.2, 0.25) is 6.55 Å². The Morgan fingerprint density at radius 1 is 1.31 bits per heavy atom. The molecule has 1 heterocycles. The summed E-state index contributed by atoms with van der Waals surface area (Å²) >= 11 is 0. The van der Waals surface area contributed by atoms with Gasteiger partial charge in [0.2, 0.25) is 0 Å². The van der Waals surface area contributed by atoms with Crippen LogP contribution < -0.4 is 5.19 Å². The fourth-order valence-electron chi connectivity index (χ4n) is 1.66. The highest BCUT2D eigenvalue weighted by Gasteiger charge is 2.34. The fourth-order valence-corrected chi connectivity index (χ4v) is 3.53. The zero-order valence-electron chi connectivity index (χ0n) is 9.81. The van der Waals surface area contributed by atoms with Crippen molar-refractivity contribution in [1.29, 1.82) is 0 Å². The van der Waals surface area contributed by atoms with Crippen molar-refractivity contribution in [3.05, 3.63) is 30.3 Å². The first-order valence-electron chi connectivity index (χ1n) is 5.57. The van der Waals surface area contributed by atoms with Crippen molar-refractivity contribution in [3.63, 3.8) is 0 Å². The summed E-state index contributed by atoms with van der Waals surface area (Å²) in [6, 6.07) is 10.2. The SMILES string of the molecule is CO[Si](C)(OCC1COC1)c1ccccc1. The fraction of sp³-hybridized carbons (Fsp3) is 0.500. The van der Waals surface area contributed by atoms with Crippen molar-refractivity contribution >= 4 is 13.7 Å². The van der Waals surface area contributed by atoms with Crippen molar-refractivity contribution in [3.8, 4) is 0 Å². The van der Waals surface area contributed by atoms with Crippen LogP contribution in [-0.4, -0.2) is 35.5 Å². The van der Waals surface area contributed by atoms with Crippen molar-refractivity contribution in [2.75, 3.05) is 26.9 Å². The van der Waals surface area contributed by atoms with E-state index >= 15 is 0 Å². The maximum Gasteiger partial charge on any atom is 0.369 e. The molecule has 1 aromatic carbocycles. The predicted molar refractivity (Wildman–Crippen MR) is 65.0 cm³/mol. The number of hydrogen-bond acceptors (Lipinski definition) is 3. The van der Waals surface area contributed by atoms with Gasteiger partial charge in [-0.3, -0.25) is 0 Å². The second kappa shape index (κ2) is 5.10. The highest BCUT2D eigenvalue weighted by Crippen LogP contribution is 2.14. The first-order valence-corrected chi connectivity index (χ1v) is 7.88. The summed E-state index contributed by atoms with van der Waals surface area (Å²) in [6.45, 7) is 4.47. The van der Waals surface area contributed by atoms with E-state index in [0.29, 0.717) is 5.92 Å². The molecule has 0 bridgehead atoms. The Balaban J connectivity index is 2.00. The van der Waals surface area contributed by atoms with Gasteiger partial charge in [0, 0.05) is 19.6 Å². The van der Waals surface area contributed by atoms with Crippen LogP contribution in [0.5, 0.6) is 0 Å². The molecule has 16 heavy (non-hydrogen) atoms. The van der Waals surface area contributed by atoms with Gasteiger partial charge in [0.05, 0.1) is 13.2 Å². The van der Waals surface area contributed by atoms with Crippen LogP contribution in [0, 0.1) is 5.92 Å². The van der Waals surface area contributed by atoms with Crippen LogP contribution in [0.4, 0.5) is 0 Å². The Morgan fingerprint density at radius 3 is 2.50 bits per heavy atom. The number of benzene rings is 1. The third-order valence-electron chi connectivity index (χ3n) is 2.99. The first-order chi connectivity index (χ1) is 7.74. The molecule has 0 amide bonds. The van der Waals surface area contributed by atoms with Crippen LogP contribution in [0.3, 0.4) is 0 Å². The van der Waals surface area contributed by atoms with Gasteiger partial charge >= 0.3 is 8.56 Å². The Morgan fingerprint density at radius 2 is 2.00 bits per heavy atom. The molecular formula is C12H18O3Si. The van der Waals surface area contributed by atoms with E-state index in [4.69, 9.17) is 13.6 Å². The molecule has 1 saturated heterocycles. The molecular weight excluding hydrogens is 220 g/mol. The van der Waals surface area contributed by atoms with Gasteiger partial charge in [0.25, 0.3) is 0 Å². The van der Waals surface area contributed by atoms with Crippen molar-refractivity contribution in [1.82, 2.24) is 0 Å². The van der Waals surface area contributed by atoms with Gasteiger partial charge in [-0.05, 0) is 11.7 Å². The largest absolute Gasteiger partial charge is 0.394 e. The Kier molecular flexibility index (Phi) is 3.76. The lowest BCUT2D eigenvalue weighted by Crippen LogP contribution is -2.52. The monoisotopic (exact) mass is 238 g/mol. The second-order valence-corrected chi connectivity index (χ2v) is 7.40. The van der Waals surface area contributed by atoms with Crippen molar-refractivity contribution in [2.45, 2.75) is 6.55 Å². The van der Waals surface area contributed by atoms with E-state index < -0.39 is 8.56 Å². The van der Waals surface area contributed by atoms with Crippen LogP contribution >= 0.6 is 0 Å². The third kappa shape index (κ3) is 2.52. The lowest BCUT2D eigenvalue weighted by atomic mass is 10.1. The van der Waals surface area contributed by atoms with E-state index in [0.717, 1.165) is 19.8 Å². The van der Waals surface area contributed by atoms with E-state index in [2.05, 4.69) is 18.7 Å². The summed E-state index contributed by atoms with van der Waals surface area (Å²) in [4.78, 5) is 0. The van der Waals surface area contributed by atoms with E-state index in [1.54, 1.807) is 7.11 Å². The zero-order valence-corrected chi connectivity index (χ0v) is 10.8. The number of ether oxygens (including phenoxy) is 1. The molecule has 4 heteroatoms. The van der Waals surface area contributed by atoms with Crippen LogP contribution in [0.15, 0.2) is 30.3 Å². The maximum absolute atomic E-state index is 6.01.